The van der Waals surface area contributed by atoms with Gasteiger partial charge in [-0.3, -0.25) is 4.98 Å². The second kappa shape index (κ2) is 4.95. The first-order valence-electron chi connectivity index (χ1n) is 9.02. The second-order valence-electron chi connectivity index (χ2n) is 5.20. The third-order valence-electron chi connectivity index (χ3n) is 3.74. The number of hydrogen-bond donors (Lipinski definition) is 0. The molecule has 0 N–H and O–H groups in total. The highest BCUT2D eigenvalue weighted by molar-refractivity contribution is 6.08. The van der Waals surface area contributed by atoms with Gasteiger partial charge in [0.2, 0.25) is 5.71 Å². The van der Waals surface area contributed by atoms with Gasteiger partial charge in [0.05, 0.1) is 5.69 Å². The summed E-state index contributed by atoms with van der Waals surface area (Å²) in [6.45, 7) is -1.05. The van der Waals surface area contributed by atoms with Crippen LogP contribution in [0.1, 0.15) is 30.7 Å². The SMILES string of the molecule is [2H]C([2H])([2H])C([2H])(C)c1ccnc(-c2cccc3c2oc2ncccc23)c1. The lowest BCUT2D eigenvalue weighted by Crippen LogP contribution is -1.90. The fourth-order valence-electron chi connectivity index (χ4n) is 2.65. The number of furan rings is 1. The Hall–Kier alpha value is -2.68. The van der Waals surface area contributed by atoms with Gasteiger partial charge < -0.3 is 4.42 Å². The Balaban J connectivity index is 1.93. The molecule has 3 nitrogen and oxygen atoms in total. The minimum atomic E-state index is -2.44. The van der Waals surface area contributed by atoms with Gasteiger partial charge in [-0.05, 0) is 41.8 Å². The van der Waals surface area contributed by atoms with Crippen LogP contribution in [0, 0.1) is 0 Å². The summed E-state index contributed by atoms with van der Waals surface area (Å²) in [5, 5.41) is 1.83. The van der Waals surface area contributed by atoms with Gasteiger partial charge in [-0.15, -0.1) is 0 Å². The van der Waals surface area contributed by atoms with Crippen molar-refractivity contribution >= 4 is 22.1 Å². The summed E-state index contributed by atoms with van der Waals surface area (Å²) in [6.07, 6.45) is 3.20. The number of pyridine rings is 2. The molecule has 0 spiro atoms. The number of aromatic nitrogens is 2. The van der Waals surface area contributed by atoms with Crippen molar-refractivity contribution in [2.75, 3.05) is 0 Å². The Morgan fingerprint density at radius 3 is 2.91 bits per heavy atom. The molecule has 4 aromatic rings. The summed E-state index contributed by atoms with van der Waals surface area (Å²) in [7, 11) is 0. The predicted octanol–water partition coefficient (Wildman–Crippen LogP) is 5.17. The van der Waals surface area contributed by atoms with Crippen molar-refractivity contribution in [1.82, 2.24) is 9.97 Å². The molecule has 3 heterocycles. The average Bonchev–Trinajstić information content (AvgIpc) is 2.99. The van der Waals surface area contributed by atoms with Crippen molar-refractivity contribution in [3.63, 3.8) is 0 Å². The molecule has 0 saturated heterocycles. The molecular weight excluding hydrogens is 272 g/mol. The number of hydrogen-bond acceptors (Lipinski definition) is 3. The zero-order chi connectivity index (χ0) is 18.5. The molecule has 1 aromatic carbocycles. The third kappa shape index (κ3) is 1.98. The van der Waals surface area contributed by atoms with Crippen LogP contribution in [0.15, 0.2) is 59.3 Å². The molecule has 4 rings (SSSR count). The highest BCUT2D eigenvalue weighted by Gasteiger charge is 2.13. The van der Waals surface area contributed by atoms with E-state index < -0.39 is 12.7 Å². The number of para-hydroxylation sites is 1. The van der Waals surface area contributed by atoms with Gasteiger partial charge in [-0.25, -0.2) is 4.98 Å². The first-order valence-corrected chi connectivity index (χ1v) is 7.02. The van der Waals surface area contributed by atoms with Crippen molar-refractivity contribution < 1.29 is 9.90 Å². The lowest BCUT2D eigenvalue weighted by Gasteiger charge is -2.07. The number of fused-ring (bicyclic) bond motifs is 3. The summed E-state index contributed by atoms with van der Waals surface area (Å²) >= 11 is 0. The van der Waals surface area contributed by atoms with Crippen LogP contribution < -0.4 is 0 Å². The summed E-state index contributed by atoms with van der Waals surface area (Å²) in [5.74, 6) is -1.73. The predicted molar refractivity (Wildman–Crippen MR) is 88.8 cm³/mol. The largest absolute Gasteiger partial charge is 0.437 e. The Bertz CT molecular complexity index is 1120. The van der Waals surface area contributed by atoms with Crippen LogP contribution in [0.2, 0.25) is 0 Å². The van der Waals surface area contributed by atoms with Gasteiger partial charge in [-0.1, -0.05) is 25.9 Å². The third-order valence-corrected chi connectivity index (χ3v) is 3.74. The first-order chi connectivity index (χ1) is 12.3. The Kier molecular flexibility index (Phi) is 2.11. The van der Waals surface area contributed by atoms with Crippen molar-refractivity contribution in [1.29, 1.82) is 0 Å². The van der Waals surface area contributed by atoms with Gasteiger partial charge in [0, 0.05) is 34.2 Å². The highest BCUT2D eigenvalue weighted by atomic mass is 16.3. The molecule has 0 aliphatic heterocycles. The first kappa shape index (κ1) is 9.36. The monoisotopic (exact) mass is 292 g/mol. The van der Waals surface area contributed by atoms with Crippen molar-refractivity contribution in [3.8, 4) is 11.3 Å². The maximum absolute atomic E-state index is 8.30. The molecule has 0 bridgehead atoms. The number of rotatable bonds is 2. The van der Waals surface area contributed by atoms with E-state index in [0.717, 1.165) is 16.3 Å². The molecule has 0 amide bonds. The smallest absolute Gasteiger partial charge is 0.227 e. The van der Waals surface area contributed by atoms with Crippen molar-refractivity contribution in [2.24, 2.45) is 0 Å². The van der Waals surface area contributed by atoms with E-state index in [9.17, 15) is 0 Å². The molecular formula is C19H16N2O. The Morgan fingerprint density at radius 2 is 2.00 bits per heavy atom. The normalized spacial score (nSPS) is 17.5. The Morgan fingerprint density at radius 1 is 1.09 bits per heavy atom. The van der Waals surface area contributed by atoms with Crippen LogP contribution in [-0.2, 0) is 0 Å². The molecule has 3 heteroatoms. The molecule has 1 atom stereocenters. The molecule has 0 saturated carbocycles. The molecule has 0 fully saturated rings. The molecule has 3 aromatic heterocycles. The van der Waals surface area contributed by atoms with E-state index in [2.05, 4.69) is 9.97 Å². The zero-order valence-electron chi connectivity index (χ0n) is 16.0. The van der Waals surface area contributed by atoms with Crippen LogP contribution in [0.4, 0.5) is 0 Å². The van der Waals surface area contributed by atoms with Gasteiger partial charge in [-0.2, -0.15) is 0 Å². The Labute approximate surface area is 134 Å². The maximum Gasteiger partial charge on any atom is 0.227 e. The average molecular weight is 292 g/mol. The minimum Gasteiger partial charge on any atom is -0.437 e. The van der Waals surface area contributed by atoms with E-state index >= 15 is 0 Å². The lowest BCUT2D eigenvalue weighted by molar-refractivity contribution is 0.655. The van der Waals surface area contributed by atoms with Crippen LogP contribution in [0.25, 0.3) is 33.3 Å². The minimum absolute atomic E-state index is 0.383. The van der Waals surface area contributed by atoms with Crippen LogP contribution in [0.5, 0.6) is 0 Å². The highest BCUT2D eigenvalue weighted by Crippen LogP contribution is 2.34. The zero-order valence-corrected chi connectivity index (χ0v) is 12.0. The molecule has 108 valence electrons. The van der Waals surface area contributed by atoms with Crippen LogP contribution >= 0.6 is 0 Å². The van der Waals surface area contributed by atoms with Crippen molar-refractivity contribution in [2.45, 2.75) is 19.7 Å². The number of nitrogens with zero attached hydrogens (tertiary/aromatic N) is 2. The van der Waals surface area contributed by atoms with Crippen molar-refractivity contribution in [3.05, 3.63) is 60.4 Å². The van der Waals surface area contributed by atoms with E-state index in [-0.39, 0.29) is 0 Å². The van der Waals surface area contributed by atoms with Gasteiger partial charge in [0.25, 0.3) is 0 Å². The van der Waals surface area contributed by atoms with E-state index in [1.165, 1.54) is 13.1 Å². The van der Waals surface area contributed by atoms with Crippen LogP contribution in [-0.4, -0.2) is 9.97 Å². The molecule has 22 heavy (non-hydrogen) atoms. The summed E-state index contributed by atoms with van der Waals surface area (Å²) < 4.78 is 37.2. The summed E-state index contributed by atoms with van der Waals surface area (Å²) in [4.78, 5) is 8.63. The summed E-state index contributed by atoms with van der Waals surface area (Å²) in [6, 6.07) is 12.7. The standard InChI is InChI=1S/C19H16N2O/c1-12(2)13-8-10-20-17(11-13)16-6-3-5-14-15-7-4-9-21-19(15)22-18(14)16/h3-12H,1-2H3/i1D3,12D. The fraction of sp³-hybridized carbons (Fsp3) is 0.158. The maximum atomic E-state index is 8.30. The molecule has 0 aliphatic carbocycles. The van der Waals surface area contributed by atoms with Gasteiger partial charge in [0.15, 0.2) is 0 Å². The van der Waals surface area contributed by atoms with E-state index in [1.807, 2.05) is 30.3 Å². The quantitative estimate of drug-likeness (QED) is 0.512. The van der Waals surface area contributed by atoms with E-state index in [0.29, 0.717) is 22.6 Å². The lowest BCUT2D eigenvalue weighted by atomic mass is 10.0. The van der Waals surface area contributed by atoms with Gasteiger partial charge in [0.1, 0.15) is 5.58 Å². The summed E-state index contributed by atoms with van der Waals surface area (Å²) in [5.41, 5.74) is 2.87. The van der Waals surface area contributed by atoms with E-state index in [1.54, 1.807) is 18.3 Å². The number of benzene rings is 1. The molecule has 0 aliphatic rings. The fourth-order valence-corrected chi connectivity index (χ4v) is 2.65. The van der Waals surface area contributed by atoms with Crippen LogP contribution in [0.3, 0.4) is 0 Å². The molecule has 0 radical (unpaired) electrons. The molecule has 1 unspecified atom stereocenters. The topological polar surface area (TPSA) is 38.9 Å². The van der Waals surface area contributed by atoms with Gasteiger partial charge >= 0.3 is 0 Å². The van der Waals surface area contributed by atoms with E-state index in [4.69, 9.17) is 9.90 Å². The second-order valence-corrected chi connectivity index (χ2v) is 5.20.